The van der Waals surface area contributed by atoms with Crippen LogP contribution in [0.3, 0.4) is 0 Å². The van der Waals surface area contributed by atoms with E-state index in [4.69, 9.17) is 11.6 Å². The van der Waals surface area contributed by atoms with E-state index in [0.29, 0.717) is 22.5 Å². The molecule has 0 bridgehead atoms. The van der Waals surface area contributed by atoms with Crippen molar-refractivity contribution >= 4 is 29.4 Å². The predicted molar refractivity (Wildman–Crippen MR) is 122 cm³/mol. The summed E-state index contributed by atoms with van der Waals surface area (Å²) in [5.74, 6) is 0.148. The predicted octanol–water partition coefficient (Wildman–Crippen LogP) is 5.91. The van der Waals surface area contributed by atoms with Gasteiger partial charge in [-0.3, -0.25) is 4.79 Å². The van der Waals surface area contributed by atoms with E-state index >= 15 is 0 Å². The third-order valence-corrected chi connectivity index (χ3v) is 5.88. The molecule has 1 aliphatic rings. The fraction of sp³-hybridized carbons (Fsp3) is 0.417. The smallest absolute Gasteiger partial charge is 0.272 e. The molecule has 0 aromatic heterocycles. The fourth-order valence-electron chi connectivity index (χ4n) is 4.56. The molecule has 154 valence electrons. The van der Waals surface area contributed by atoms with Crippen molar-refractivity contribution in [2.75, 3.05) is 4.90 Å². The van der Waals surface area contributed by atoms with Gasteiger partial charge < -0.3 is 4.90 Å². The normalized spacial score (nSPS) is 18.2. The van der Waals surface area contributed by atoms with Gasteiger partial charge in [-0.15, -0.1) is 0 Å². The Kier molecular flexibility index (Phi) is 6.04. The van der Waals surface area contributed by atoms with Crippen molar-refractivity contribution in [1.29, 1.82) is 0 Å². The van der Waals surface area contributed by atoms with E-state index < -0.39 is 0 Å². The molecule has 0 spiro atoms. The van der Waals surface area contributed by atoms with E-state index in [2.05, 4.69) is 68.2 Å². The first-order valence-electron chi connectivity index (χ1n) is 10.1. The summed E-state index contributed by atoms with van der Waals surface area (Å²) in [6.07, 6.45) is 2.79. The zero-order valence-corrected chi connectivity index (χ0v) is 18.8. The number of hydrogen-bond acceptors (Lipinski definition) is 3. The van der Waals surface area contributed by atoms with Gasteiger partial charge in [0.25, 0.3) is 5.91 Å². The van der Waals surface area contributed by atoms with Crippen LogP contribution in [0.4, 0.5) is 5.69 Å². The number of benzene rings is 2. The Hall–Kier alpha value is -2.33. The molecule has 3 rings (SSSR count). The number of amides is 1. The monoisotopic (exact) mass is 411 g/mol. The third-order valence-electron chi connectivity index (χ3n) is 5.57. The lowest BCUT2D eigenvalue weighted by Crippen LogP contribution is -2.51. The van der Waals surface area contributed by atoms with Gasteiger partial charge in [-0.05, 0) is 87.9 Å². The SMILES string of the molecule is Cc1ccc(C(=O)N/N=C/c2ccc3c(c2)C(C)CC(C)(C)N3C(C)C)c(Cl)c1. The van der Waals surface area contributed by atoms with Gasteiger partial charge in [-0.2, -0.15) is 5.10 Å². The largest absolute Gasteiger partial charge is 0.364 e. The Morgan fingerprint density at radius 2 is 2.00 bits per heavy atom. The number of carbonyl (C=O) groups excluding carboxylic acids is 1. The molecule has 2 aromatic rings. The summed E-state index contributed by atoms with van der Waals surface area (Å²) in [5, 5.41) is 4.57. The zero-order valence-electron chi connectivity index (χ0n) is 18.1. The van der Waals surface area contributed by atoms with Gasteiger partial charge >= 0.3 is 0 Å². The lowest BCUT2D eigenvalue weighted by Gasteiger charge is -2.50. The molecule has 1 aliphatic heterocycles. The van der Waals surface area contributed by atoms with Crippen molar-refractivity contribution in [2.45, 2.75) is 65.5 Å². The summed E-state index contributed by atoms with van der Waals surface area (Å²) in [5.41, 5.74) is 7.71. The molecule has 0 aliphatic carbocycles. The van der Waals surface area contributed by atoms with Crippen molar-refractivity contribution < 1.29 is 4.79 Å². The highest BCUT2D eigenvalue weighted by Gasteiger charge is 2.37. The molecule has 1 amide bonds. The average molecular weight is 412 g/mol. The Morgan fingerprint density at radius 1 is 1.28 bits per heavy atom. The molecule has 1 atom stereocenters. The van der Waals surface area contributed by atoms with Crippen LogP contribution in [-0.4, -0.2) is 23.7 Å². The summed E-state index contributed by atoms with van der Waals surface area (Å²) >= 11 is 6.16. The Bertz CT molecular complexity index is 949. The van der Waals surface area contributed by atoms with E-state index in [-0.39, 0.29) is 11.4 Å². The van der Waals surface area contributed by atoms with Crippen LogP contribution >= 0.6 is 11.6 Å². The van der Waals surface area contributed by atoms with Crippen LogP contribution in [-0.2, 0) is 0 Å². The highest BCUT2D eigenvalue weighted by atomic mass is 35.5. The molecule has 1 N–H and O–H groups in total. The van der Waals surface area contributed by atoms with E-state index in [1.54, 1.807) is 18.3 Å². The number of carbonyl (C=O) groups is 1. The second-order valence-corrected chi connectivity index (χ2v) is 9.29. The van der Waals surface area contributed by atoms with Crippen LogP contribution in [0.5, 0.6) is 0 Å². The molecule has 2 aromatic carbocycles. The molecule has 0 fully saturated rings. The highest BCUT2D eigenvalue weighted by Crippen LogP contribution is 2.44. The van der Waals surface area contributed by atoms with Crippen LogP contribution in [0.15, 0.2) is 41.5 Å². The lowest BCUT2D eigenvalue weighted by molar-refractivity contribution is 0.0955. The minimum Gasteiger partial charge on any atom is -0.364 e. The van der Waals surface area contributed by atoms with Crippen molar-refractivity contribution in [1.82, 2.24) is 5.43 Å². The topological polar surface area (TPSA) is 44.7 Å². The first-order valence-corrected chi connectivity index (χ1v) is 10.5. The van der Waals surface area contributed by atoms with Crippen LogP contribution in [0.1, 0.15) is 74.0 Å². The van der Waals surface area contributed by atoms with Gasteiger partial charge in [0.05, 0.1) is 16.8 Å². The van der Waals surface area contributed by atoms with Crippen molar-refractivity contribution in [3.63, 3.8) is 0 Å². The molecule has 0 radical (unpaired) electrons. The summed E-state index contributed by atoms with van der Waals surface area (Å²) in [6.45, 7) is 13.3. The Labute approximate surface area is 179 Å². The molecule has 1 unspecified atom stereocenters. The molecule has 5 heteroatoms. The number of nitrogens with one attached hydrogen (secondary N) is 1. The maximum atomic E-state index is 12.3. The molecular weight excluding hydrogens is 382 g/mol. The number of hydrogen-bond donors (Lipinski definition) is 1. The number of aryl methyl sites for hydroxylation is 1. The van der Waals surface area contributed by atoms with E-state index in [0.717, 1.165) is 17.5 Å². The van der Waals surface area contributed by atoms with E-state index in [1.807, 2.05) is 13.0 Å². The zero-order chi connectivity index (χ0) is 21.3. The second-order valence-electron chi connectivity index (χ2n) is 8.88. The standard InChI is InChI=1S/C24H30ClN3O/c1-15(2)28-22-10-8-18(12-20(22)17(4)13-24(28,5)6)14-26-27-23(29)19-9-7-16(3)11-21(19)25/h7-12,14-15,17H,13H2,1-6H3,(H,27,29)/b26-14+. The molecule has 4 nitrogen and oxygen atoms in total. The first kappa shape index (κ1) is 21.4. The number of halogens is 1. The molecule has 1 heterocycles. The quantitative estimate of drug-likeness (QED) is 0.501. The fourth-order valence-corrected chi connectivity index (χ4v) is 4.88. The summed E-state index contributed by atoms with van der Waals surface area (Å²) in [7, 11) is 0. The number of hydrazone groups is 1. The van der Waals surface area contributed by atoms with Crippen molar-refractivity contribution in [3.05, 3.63) is 63.7 Å². The van der Waals surface area contributed by atoms with Crippen LogP contribution in [0, 0.1) is 6.92 Å². The summed E-state index contributed by atoms with van der Waals surface area (Å²) in [6, 6.07) is 12.2. The second kappa shape index (κ2) is 8.19. The van der Waals surface area contributed by atoms with Crippen LogP contribution < -0.4 is 10.3 Å². The number of fused-ring (bicyclic) bond motifs is 1. The maximum absolute atomic E-state index is 12.3. The maximum Gasteiger partial charge on any atom is 0.272 e. The van der Waals surface area contributed by atoms with Gasteiger partial charge in [0, 0.05) is 17.3 Å². The van der Waals surface area contributed by atoms with Crippen molar-refractivity contribution in [2.24, 2.45) is 5.10 Å². The van der Waals surface area contributed by atoms with Crippen LogP contribution in [0.25, 0.3) is 0 Å². The van der Waals surface area contributed by atoms with Crippen molar-refractivity contribution in [3.8, 4) is 0 Å². The van der Waals surface area contributed by atoms with Gasteiger partial charge in [0.2, 0.25) is 0 Å². The first-order chi connectivity index (χ1) is 13.6. The average Bonchev–Trinajstić information content (AvgIpc) is 2.61. The lowest BCUT2D eigenvalue weighted by atomic mass is 9.79. The van der Waals surface area contributed by atoms with E-state index in [1.165, 1.54) is 11.3 Å². The Balaban J connectivity index is 1.79. The molecule has 0 saturated heterocycles. The minimum atomic E-state index is -0.315. The summed E-state index contributed by atoms with van der Waals surface area (Å²) in [4.78, 5) is 14.8. The van der Waals surface area contributed by atoms with E-state index in [9.17, 15) is 4.79 Å². The highest BCUT2D eigenvalue weighted by molar-refractivity contribution is 6.33. The molecular formula is C24H30ClN3O. The number of rotatable bonds is 4. The Morgan fingerprint density at radius 3 is 2.66 bits per heavy atom. The third kappa shape index (κ3) is 4.48. The molecule has 0 saturated carbocycles. The van der Waals surface area contributed by atoms with Gasteiger partial charge in [0.1, 0.15) is 0 Å². The van der Waals surface area contributed by atoms with Gasteiger partial charge in [0.15, 0.2) is 0 Å². The van der Waals surface area contributed by atoms with Gasteiger partial charge in [-0.25, -0.2) is 5.43 Å². The number of anilines is 1. The van der Waals surface area contributed by atoms with Gasteiger partial charge in [-0.1, -0.05) is 30.7 Å². The summed E-state index contributed by atoms with van der Waals surface area (Å²) < 4.78 is 0. The van der Waals surface area contributed by atoms with Crippen LogP contribution in [0.2, 0.25) is 5.02 Å². The number of nitrogens with zero attached hydrogens (tertiary/aromatic N) is 2. The molecule has 29 heavy (non-hydrogen) atoms. The minimum absolute atomic E-state index is 0.122.